The molecular weight excluding hydrogens is 268 g/mol. The zero-order chi connectivity index (χ0) is 15.5. The smallest absolute Gasteiger partial charge is 0.348 e. The molecule has 21 heavy (non-hydrogen) atoms. The summed E-state index contributed by atoms with van der Waals surface area (Å²) in [6.07, 6.45) is 2.67. The fourth-order valence-electron chi connectivity index (χ4n) is 2.19. The van der Waals surface area contributed by atoms with Crippen LogP contribution in [0.3, 0.4) is 0 Å². The number of rotatable bonds is 4. The molecule has 1 saturated heterocycles. The van der Waals surface area contributed by atoms with Gasteiger partial charge in [0.15, 0.2) is 0 Å². The number of ether oxygens (including phenoxy) is 2. The van der Waals surface area contributed by atoms with E-state index in [2.05, 4.69) is 0 Å². The van der Waals surface area contributed by atoms with Crippen molar-refractivity contribution in [3.63, 3.8) is 0 Å². The zero-order valence-electron chi connectivity index (χ0n) is 12.6. The van der Waals surface area contributed by atoms with Crippen molar-refractivity contribution in [2.75, 3.05) is 0 Å². The minimum absolute atomic E-state index is 0.0119. The van der Waals surface area contributed by atoms with Gasteiger partial charge in [-0.3, -0.25) is 0 Å². The van der Waals surface area contributed by atoms with Gasteiger partial charge in [-0.1, -0.05) is 50.3 Å². The summed E-state index contributed by atoms with van der Waals surface area (Å²) in [7, 11) is 0. The maximum Gasteiger partial charge on any atom is 0.348 e. The molecule has 0 atom stereocenters. The molecule has 0 bridgehead atoms. The third-order valence-corrected chi connectivity index (χ3v) is 3.27. The average Bonchev–Trinajstić information content (AvgIpc) is 2.42. The quantitative estimate of drug-likeness (QED) is 0.485. The number of hydrogen-bond acceptors (Lipinski definition) is 4. The van der Waals surface area contributed by atoms with Gasteiger partial charge in [0.25, 0.3) is 5.79 Å². The molecule has 0 aliphatic carbocycles. The van der Waals surface area contributed by atoms with E-state index in [1.807, 2.05) is 44.2 Å². The standard InChI is InChI=1S/C17H20O4/c1-12(2)11-14-15(18)20-17(3,21-16(14)19)10-9-13-7-5-4-6-8-13/h4-8,11-12H,9-10H2,1-3H3. The summed E-state index contributed by atoms with van der Waals surface area (Å²) in [5.74, 6) is -2.32. The van der Waals surface area contributed by atoms with Crippen LogP contribution in [0.5, 0.6) is 0 Å². The summed E-state index contributed by atoms with van der Waals surface area (Å²) in [6.45, 7) is 5.39. The molecule has 0 aromatic heterocycles. The Morgan fingerprint density at radius 2 is 1.67 bits per heavy atom. The van der Waals surface area contributed by atoms with Crippen LogP contribution in [0.2, 0.25) is 0 Å². The fourth-order valence-corrected chi connectivity index (χ4v) is 2.19. The fraction of sp³-hybridized carbons (Fsp3) is 0.412. The third kappa shape index (κ3) is 3.94. The lowest BCUT2D eigenvalue weighted by Gasteiger charge is -2.33. The molecule has 1 aromatic carbocycles. The topological polar surface area (TPSA) is 52.6 Å². The molecule has 4 nitrogen and oxygen atoms in total. The summed E-state index contributed by atoms with van der Waals surface area (Å²) in [5.41, 5.74) is 1.09. The molecule has 1 aromatic rings. The second-order valence-electron chi connectivity index (χ2n) is 5.72. The molecule has 0 unspecified atom stereocenters. The first-order valence-corrected chi connectivity index (χ1v) is 7.12. The van der Waals surface area contributed by atoms with Crippen LogP contribution in [0.4, 0.5) is 0 Å². The molecule has 0 saturated carbocycles. The van der Waals surface area contributed by atoms with Crippen LogP contribution in [-0.2, 0) is 25.5 Å². The first-order valence-electron chi connectivity index (χ1n) is 7.12. The molecule has 0 spiro atoms. The van der Waals surface area contributed by atoms with Gasteiger partial charge in [0.1, 0.15) is 5.57 Å². The van der Waals surface area contributed by atoms with Crippen LogP contribution in [0, 0.1) is 5.92 Å². The average molecular weight is 288 g/mol. The highest BCUT2D eigenvalue weighted by atomic mass is 16.7. The molecule has 0 amide bonds. The van der Waals surface area contributed by atoms with E-state index < -0.39 is 17.7 Å². The van der Waals surface area contributed by atoms with E-state index in [0.717, 1.165) is 5.56 Å². The van der Waals surface area contributed by atoms with Gasteiger partial charge in [0, 0.05) is 13.3 Å². The number of aryl methyl sites for hydroxylation is 1. The van der Waals surface area contributed by atoms with Crippen LogP contribution in [0.1, 0.15) is 32.8 Å². The highest BCUT2D eigenvalue weighted by molar-refractivity contribution is 6.15. The van der Waals surface area contributed by atoms with Crippen molar-refractivity contribution in [1.82, 2.24) is 0 Å². The number of carbonyl (C=O) groups is 2. The molecule has 2 rings (SSSR count). The van der Waals surface area contributed by atoms with Crippen molar-refractivity contribution >= 4 is 11.9 Å². The number of benzene rings is 1. The molecule has 1 aliphatic rings. The second-order valence-corrected chi connectivity index (χ2v) is 5.72. The molecule has 1 heterocycles. The van der Waals surface area contributed by atoms with Gasteiger partial charge in [-0.15, -0.1) is 0 Å². The van der Waals surface area contributed by atoms with E-state index in [9.17, 15) is 9.59 Å². The van der Waals surface area contributed by atoms with Crippen LogP contribution in [-0.4, -0.2) is 17.7 Å². The lowest BCUT2D eigenvalue weighted by atomic mass is 10.0. The van der Waals surface area contributed by atoms with Gasteiger partial charge in [-0.05, 0) is 17.9 Å². The van der Waals surface area contributed by atoms with Crippen molar-refractivity contribution in [1.29, 1.82) is 0 Å². The predicted molar refractivity (Wildman–Crippen MR) is 78.3 cm³/mol. The first kappa shape index (κ1) is 15.3. The number of carbonyl (C=O) groups excluding carboxylic acids is 2. The van der Waals surface area contributed by atoms with Crippen LogP contribution in [0.25, 0.3) is 0 Å². The largest absolute Gasteiger partial charge is 0.419 e. The first-order chi connectivity index (χ1) is 9.89. The lowest BCUT2D eigenvalue weighted by molar-refractivity contribution is -0.230. The Morgan fingerprint density at radius 3 is 2.19 bits per heavy atom. The van der Waals surface area contributed by atoms with E-state index in [4.69, 9.17) is 9.47 Å². The van der Waals surface area contributed by atoms with E-state index >= 15 is 0 Å². The third-order valence-electron chi connectivity index (χ3n) is 3.27. The minimum atomic E-state index is -1.20. The minimum Gasteiger partial charge on any atom is -0.419 e. The van der Waals surface area contributed by atoms with Gasteiger partial charge in [-0.2, -0.15) is 0 Å². The zero-order valence-corrected chi connectivity index (χ0v) is 12.6. The SMILES string of the molecule is CC(C)C=C1C(=O)OC(C)(CCc2ccccc2)OC1=O. The van der Waals surface area contributed by atoms with E-state index in [0.29, 0.717) is 12.8 Å². The highest BCUT2D eigenvalue weighted by Gasteiger charge is 2.42. The van der Waals surface area contributed by atoms with Crippen molar-refractivity contribution in [2.24, 2.45) is 5.92 Å². The Balaban J connectivity index is 2.05. The second kappa shape index (κ2) is 6.12. The summed E-state index contributed by atoms with van der Waals surface area (Å²) in [5, 5.41) is 0. The molecule has 4 heteroatoms. The van der Waals surface area contributed by atoms with Gasteiger partial charge in [-0.25, -0.2) is 9.59 Å². The van der Waals surface area contributed by atoms with Crippen LogP contribution >= 0.6 is 0 Å². The molecule has 112 valence electrons. The number of cyclic esters (lactones) is 2. The summed E-state index contributed by atoms with van der Waals surface area (Å²) < 4.78 is 10.7. The van der Waals surface area contributed by atoms with Crippen molar-refractivity contribution in [2.45, 2.75) is 39.4 Å². The van der Waals surface area contributed by atoms with Crippen LogP contribution < -0.4 is 0 Å². The van der Waals surface area contributed by atoms with Gasteiger partial charge >= 0.3 is 11.9 Å². The Kier molecular flexibility index (Phi) is 4.46. The Labute approximate surface area is 124 Å². The van der Waals surface area contributed by atoms with Crippen molar-refractivity contribution in [3.8, 4) is 0 Å². The molecule has 0 radical (unpaired) electrons. The number of allylic oxidation sites excluding steroid dienone is 1. The van der Waals surface area contributed by atoms with Crippen molar-refractivity contribution in [3.05, 3.63) is 47.5 Å². The maximum atomic E-state index is 12.0. The summed E-state index contributed by atoms with van der Waals surface area (Å²) in [4.78, 5) is 24.0. The van der Waals surface area contributed by atoms with Crippen molar-refractivity contribution < 1.29 is 19.1 Å². The highest BCUT2D eigenvalue weighted by Crippen LogP contribution is 2.28. The van der Waals surface area contributed by atoms with E-state index in [1.165, 1.54) is 0 Å². The molecule has 1 aliphatic heterocycles. The van der Waals surface area contributed by atoms with Crippen LogP contribution in [0.15, 0.2) is 42.0 Å². The molecular formula is C17H20O4. The Hall–Kier alpha value is -2.10. The number of hydrogen-bond donors (Lipinski definition) is 0. The maximum absolute atomic E-state index is 12.0. The lowest BCUT2D eigenvalue weighted by Crippen LogP contribution is -2.44. The van der Waals surface area contributed by atoms with Gasteiger partial charge < -0.3 is 9.47 Å². The molecule has 0 N–H and O–H groups in total. The monoisotopic (exact) mass is 288 g/mol. The summed E-state index contributed by atoms with van der Waals surface area (Å²) in [6, 6.07) is 9.80. The Morgan fingerprint density at radius 1 is 1.10 bits per heavy atom. The number of esters is 2. The normalized spacial score (nSPS) is 22.0. The van der Waals surface area contributed by atoms with E-state index in [1.54, 1.807) is 13.0 Å². The van der Waals surface area contributed by atoms with Gasteiger partial charge in [0.05, 0.1) is 0 Å². The molecule has 1 fully saturated rings. The summed E-state index contributed by atoms with van der Waals surface area (Å²) >= 11 is 0. The van der Waals surface area contributed by atoms with Gasteiger partial charge in [0.2, 0.25) is 0 Å². The van der Waals surface area contributed by atoms with E-state index in [-0.39, 0.29) is 11.5 Å². The Bertz CT molecular complexity index is 537. The predicted octanol–water partition coefficient (Wildman–Crippen LogP) is 3.02.